The summed E-state index contributed by atoms with van der Waals surface area (Å²) in [6.07, 6.45) is 4.36. The SMILES string of the molecule is COC(=O)c1c(N)cccc1CN(CCCO)C1CCC1. The number of carbonyl (C=O) groups excluding carboxylic acids is 1. The molecule has 21 heavy (non-hydrogen) atoms. The summed E-state index contributed by atoms with van der Waals surface area (Å²) >= 11 is 0. The van der Waals surface area contributed by atoms with E-state index < -0.39 is 0 Å². The van der Waals surface area contributed by atoms with Gasteiger partial charge in [0.1, 0.15) is 0 Å². The predicted octanol–water partition coefficient (Wildman–Crippen LogP) is 1.79. The van der Waals surface area contributed by atoms with Crippen molar-refractivity contribution >= 4 is 11.7 Å². The summed E-state index contributed by atoms with van der Waals surface area (Å²) in [6.45, 7) is 1.68. The van der Waals surface area contributed by atoms with Crippen molar-refractivity contribution in [1.82, 2.24) is 4.90 Å². The van der Waals surface area contributed by atoms with Crippen molar-refractivity contribution in [3.8, 4) is 0 Å². The van der Waals surface area contributed by atoms with Crippen LogP contribution in [0.1, 0.15) is 41.6 Å². The topological polar surface area (TPSA) is 75.8 Å². The van der Waals surface area contributed by atoms with Gasteiger partial charge in [-0.2, -0.15) is 0 Å². The first-order valence-electron chi connectivity index (χ1n) is 7.48. The second kappa shape index (κ2) is 7.43. The van der Waals surface area contributed by atoms with Crippen LogP contribution in [-0.4, -0.2) is 42.3 Å². The number of nitrogen functional groups attached to an aromatic ring is 1. The summed E-state index contributed by atoms with van der Waals surface area (Å²) in [4.78, 5) is 14.3. The van der Waals surface area contributed by atoms with Crippen LogP contribution < -0.4 is 5.73 Å². The van der Waals surface area contributed by atoms with Crippen LogP contribution in [0.2, 0.25) is 0 Å². The smallest absolute Gasteiger partial charge is 0.340 e. The van der Waals surface area contributed by atoms with E-state index in [4.69, 9.17) is 15.6 Å². The standard InChI is InChI=1S/C16H24N2O3/c1-21-16(20)15-12(5-2-8-14(15)17)11-18(9-4-10-19)13-6-3-7-13/h2,5,8,13,19H,3-4,6-7,9-11,17H2,1H3. The number of ether oxygens (including phenoxy) is 1. The van der Waals surface area contributed by atoms with Crippen molar-refractivity contribution in [2.75, 3.05) is 26.0 Å². The van der Waals surface area contributed by atoms with E-state index in [1.54, 1.807) is 6.07 Å². The molecule has 5 nitrogen and oxygen atoms in total. The highest BCUT2D eigenvalue weighted by molar-refractivity contribution is 5.96. The summed E-state index contributed by atoms with van der Waals surface area (Å²) in [5, 5.41) is 9.06. The van der Waals surface area contributed by atoms with Crippen molar-refractivity contribution in [1.29, 1.82) is 0 Å². The molecule has 0 spiro atoms. The Bertz CT molecular complexity index is 486. The zero-order valence-corrected chi connectivity index (χ0v) is 12.5. The molecule has 0 saturated heterocycles. The predicted molar refractivity (Wildman–Crippen MR) is 81.9 cm³/mol. The number of carbonyl (C=O) groups is 1. The Balaban J connectivity index is 2.19. The van der Waals surface area contributed by atoms with E-state index in [1.807, 2.05) is 12.1 Å². The molecule has 0 atom stereocenters. The maximum absolute atomic E-state index is 11.9. The van der Waals surface area contributed by atoms with Gasteiger partial charge in [0.15, 0.2) is 0 Å². The molecule has 0 aliphatic heterocycles. The third kappa shape index (κ3) is 3.74. The molecular weight excluding hydrogens is 268 g/mol. The minimum atomic E-state index is -0.390. The molecule has 1 fully saturated rings. The Morgan fingerprint density at radius 1 is 1.48 bits per heavy atom. The molecule has 116 valence electrons. The van der Waals surface area contributed by atoms with Crippen LogP contribution in [0.25, 0.3) is 0 Å². The van der Waals surface area contributed by atoms with Crippen LogP contribution in [0, 0.1) is 0 Å². The van der Waals surface area contributed by atoms with Crippen LogP contribution in [0.15, 0.2) is 18.2 Å². The lowest BCUT2D eigenvalue weighted by Gasteiger charge is -2.38. The monoisotopic (exact) mass is 292 g/mol. The molecule has 1 aromatic rings. The molecule has 2 rings (SSSR count). The van der Waals surface area contributed by atoms with Gasteiger partial charge in [0.2, 0.25) is 0 Å². The van der Waals surface area contributed by atoms with Gasteiger partial charge in [0.25, 0.3) is 0 Å². The van der Waals surface area contributed by atoms with Crippen molar-refractivity contribution in [2.45, 2.75) is 38.3 Å². The normalized spacial score (nSPS) is 15.0. The molecule has 0 unspecified atom stereocenters. The number of hydrogen-bond acceptors (Lipinski definition) is 5. The number of esters is 1. The van der Waals surface area contributed by atoms with Gasteiger partial charge in [-0.3, -0.25) is 4.90 Å². The fraction of sp³-hybridized carbons (Fsp3) is 0.562. The lowest BCUT2D eigenvalue weighted by atomic mass is 9.90. The van der Waals surface area contributed by atoms with Crippen molar-refractivity contribution in [3.63, 3.8) is 0 Å². The quantitative estimate of drug-likeness (QED) is 0.592. The number of nitrogens with two attached hydrogens (primary N) is 1. The van der Waals surface area contributed by atoms with E-state index in [0.29, 0.717) is 23.8 Å². The van der Waals surface area contributed by atoms with Crippen LogP contribution in [0.5, 0.6) is 0 Å². The first kappa shape index (κ1) is 15.8. The lowest BCUT2D eigenvalue weighted by molar-refractivity contribution is 0.0596. The second-order valence-electron chi connectivity index (χ2n) is 5.51. The Kier molecular flexibility index (Phi) is 5.59. The molecule has 0 aromatic heterocycles. The van der Waals surface area contributed by atoms with E-state index in [1.165, 1.54) is 26.4 Å². The van der Waals surface area contributed by atoms with Gasteiger partial charge in [-0.1, -0.05) is 18.6 Å². The number of rotatable bonds is 7. The Morgan fingerprint density at radius 2 is 2.24 bits per heavy atom. The average Bonchev–Trinajstić information content (AvgIpc) is 2.42. The fourth-order valence-electron chi connectivity index (χ4n) is 2.74. The summed E-state index contributed by atoms with van der Waals surface area (Å²) in [5.41, 5.74) is 7.75. The van der Waals surface area contributed by atoms with Crippen LogP contribution in [-0.2, 0) is 11.3 Å². The maximum atomic E-state index is 11.9. The zero-order chi connectivity index (χ0) is 15.2. The first-order valence-corrected chi connectivity index (χ1v) is 7.48. The van der Waals surface area contributed by atoms with Gasteiger partial charge in [-0.05, 0) is 30.9 Å². The fourth-order valence-corrected chi connectivity index (χ4v) is 2.74. The Labute approximate surface area is 125 Å². The summed E-state index contributed by atoms with van der Waals surface area (Å²) in [7, 11) is 1.37. The van der Waals surface area contributed by atoms with Crippen molar-refractivity contribution in [3.05, 3.63) is 29.3 Å². The molecule has 0 radical (unpaired) electrons. The van der Waals surface area contributed by atoms with Gasteiger partial charge in [0, 0.05) is 31.4 Å². The van der Waals surface area contributed by atoms with Crippen molar-refractivity contribution < 1.29 is 14.6 Å². The molecule has 1 aliphatic carbocycles. The van der Waals surface area contributed by atoms with Gasteiger partial charge in [0.05, 0.1) is 12.7 Å². The molecule has 0 amide bonds. The molecule has 1 saturated carbocycles. The van der Waals surface area contributed by atoms with Crippen molar-refractivity contribution in [2.24, 2.45) is 0 Å². The van der Waals surface area contributed by atoms with Crippen LogP contribution in [0.3, 0.4) is 0 Å². The summed E-state index contributed by atoms with van der Waals surface area (Å²) < 4.78 is 4.84. The minimum absolute atomic E-state index is 0.185. The number of benzene rings is 1. The molecule has 0 bridgehead atoms. The average molecular weight is 292 g/mol. The van der Waals surface area contributed by atoms with E-state index >= 15 is 0 Å². The summed E-state index contributed by atoms with van der Waals surface area (Å²) in [6, 6.07) is 6.05. The van der Waals surface area contributed by atoms with E-state index in [2.05, 4.69) is 4.90 Å². The first-order chi connectivity index (χ1) is 10.2. The van der Waals surface area contributed by atoms with Crippen LogP contribution >= 0.6 is 0 Å². The molecule has 3 N–H and O–H groups in total. The molecular formula is C16H24N2O3. The van der Waals surface area contributed by atoms with Gasteiger partial charge >= 0.3 is 5.97 Å². The maximum Gasteiger partial charge on any atom is 0.340 e. The largest absolute Gasteiger partial charge is 0.465 e. The third-order valence-corrected chi connectivity index (χ3v) is 4.14. The number of aliphatic hydroxyl groups is 1. The lowest BCUT2D eigenvalue weighted by Crippen LogP contribution is -2.40. The third-order valence-electron chi connectivity index (χ3n) is 4.14. The van der Waals surface area contributed by atoms with E-state index in [9.17, 15) is 4.79 Å². The molecule has 0 heterocycles. The van der Waals surface area contributed by atoms with E-state index in [0.717, 1.165) is 18.5 Å². The number of anilines is 1. The van der Waals surface area contributed by atoms with Gasteiger partial charge in [-0.15, -0.1) is 0 Å². The molecule has 1 aromatic carbocycles. The Morgan fingerprint density at radius 3 is 2.81 bits per heavy atom. The zero-order valence-electron chi connectivity index (χ0n) is 12.5. The molecule has 5 heteroatoms. The van der Waals surface area contributed by atoms with Crippen LogP contribution in [0.4, 0.5) is 5.69 Å². The number of hydrogen-bond donors (Lipinski definition) is 2. The number of aliphatic hydroxyl groups excluding tert-OH is 1. The van der Waals surface area contributed by atoms with Gasteiger partial charge < -0.3 is 15.6 Å². The molecule has 1 aliphatic rings. The number of methoxy groups -OCH3 is 1. The Hall–Kier alpha value is -1.59. The minimum Gasteiger partial charge on any atom is -0.465 e. The van der Waals surface area contributed by atoms with E-state index in [-0.39, 0.29) is 12.6 Å². The highest BCUT2D eigenvalue weighted by atomic mass is 16.5. The second-order valence-corrected chi connectivity index (χ2v) is 5.51. The highest BCUT2D eigenvalue weighted by Crippen LogP contribution is 2.28. The summed E-state index contributed by atoms with van der Waals surface area (Å²) in [5.74, 6) is -0.390. The highest BCUT2D eigenvalue weighted by Gasteiger charge is 2.26. The number of nitrogens with zero attached hydrogens (tertiary/aromatic N) is 1. The van der Waals surface area contributed by atoms with Gasteiger partial charge in [-0.25, -0.2) is 4.79 Å².